The lowest BCUT2D eigenvalue weighted by Crippen LogP contribution is -2.05. The first kappa shape index (κ1) is 15.1. The van der Waals surface area contributed by atoms with Gasteiger partial charge in [-0.15, -0.1) is 23.1 Å². The van der Waals surface area contributed by atoms with Crippen LogP contribution >= 0.6 is 23.1 Å². The maximum absolute atomic E-state index is 12.4. The van der Waals surface area contributed by atoms with E-state index in [1.807, 2.05) is 11.4 Å². The van der Waals surface area contributed by atoms with E-state index in [-0.39, 0.29) is 0 Å². The summed E-state index contributed by atoms with van der Waals surface area (Å²) in [5.41, 5.74) is 0.0914. The molecule has 0 unspecified atom stereocenters. The van der Waals surface area contributed by atoms with Crippen molar-refractivity contribution in [3.8, 4) is 10.8 Å². The van der Waals surface area contributed by atoms with E-state index < -0.39 is 11.7 Å². The highest BCUT2D eigenvalue weighted by molar-refractivity contribution is 7.98. The second-order valence-electron chi connectivity index (χ2n) is 4.29. The number of alkyl halides is 3. The minimum Gasteiger partial charge on any atom is -0.462 e. The molecule has 114 valence electrons. The van der Waals surface area contributed by atoms with E-state index in [0.717, 1.165) is 23.0 Å². The van der Waals surface area contributed by atoms with Crippen molar-refractivity contribution in [2.45, 2.75) is 17.0 Å². The molecule has 0 amide bonds. The SMILES string of the molecule is FC(F)(F)c1ccc(SCc2csc(-c3ccco3)n2)nc1. The van der Waals surface area contributed by atoms with Gasteiger partial charge in [0.2, 0.25) is 0 Å². The van der Waals surface area contributed by atoms with Gasteiger partial charge in [-0.1, -0.05) is 0 Å². The van der Waals surface area contributed by atoms with Gasteiger partial charge in [0.15, 0.2) is 10.8 Å². The summed E-state index contributed by atoms with van der Waals surface area (Å²) in [7, 11) is 0. The van der Waals surface area contributed by atoms with Crippen LogP contribution in [0, 0.1) is 0 Å². The molecule has 0 aliphatic carbocycles. The smallest absolute Gasteiger partial charge is 0.417 e. The molecule has 3 aromatic rings. The Hall–Kier alpha value is -1.80. The van der Waals surface area contributed by atoms with Crippen LogP contribution in [-0.4, -0.2) is 9.97 Å². The van der Waals surface area contributed by atoms with E-state index in [1.165, 1.54) is 29.2 Å². The topological polar surface area (TPSA) is 38.9 Å². The summed E-state index contributed by atoms with van der Waals surface area (Å²) in [4.78, 5) is 8.24. The Morgan fingerprint density at radius 2 is 2.09 bits per heavy atom. The van der Waals surface area contributed by atoms with Gasteiger partial charge < -0.3 is 4.42 Å². The predicted octanol–water partition coefficient (Wildman–Crippen LogP) is 5.11. The van der Waals surface area contributed by atoms with Crippen LogP contribution in [0.2, 0.25) is 0 Å². The molecule has 3 nitrogen and oxygen atoms in total. The second kappa shape index (κ2) is 6.13. The zero-order valence-electron chi connectivity index (χ0n) is 11.0. The van der Waals surface area contributed by atoms with Crippen LogP contribution in [0.3, 0.4) is 0 Å². The molecule has 0 aromatic carbocycles. The van der Waals surface area contributed by atoms with Gasteiger partial charge in [0.05, 0.1) is 22.5 Å². The van der Waals surface area contributed by atoms with Crippen molar-refractivity contribution >= 4 is 23.1 Å². The Morgan fingerprint density at radius 1 is 1.23 bits per heavy atom. The molecule has 0 bridgehead atoms. The van der Waals surface area contributed by atoms with E-state index in [9.17, 15) is 13.2 Å². The molecule has 0 aliphatic heterocycles. The molecule has 0 radical (unpaired) electrons. The largest absolute Gasteiger partial charge is 0.462 e. The van der Waals surface area contributed by atoms with Crippen molar-refractivity contribution in [1.82, 2.24) is 9.97 Å². The van der Waals surface area contributed by atoms with Crippen molar-refractivity contribution < 1.29 is 17.6 Å². The third-order valence-corrected chi connectivity index (χ3v) is 4.60. The normalized spacial score (nSPS) is 11.8. The maximum atomic E-state index is 12.4. The molecule has 0 fully saturated rings. The van der Waals surface area contributed by atoms with Crippen molar-refractivity contribution in [2.75, 3.05) is 0 Å². The third-order valence-electron chi connectivity index (χ3n) is 2.72. The molecule has 3 aromatic heterocycles. The van der Waals surface area contributed by atoms with Crippen molar-refractivity contribution in [3.63, 3.8) is 0 Å². The lowest BCUT2D eigenvalue weighted by Gasteiger charge is -2.06. The highest BCUT2D eigenvalue weighted by atomic mass is 32.2. The highest BCUT2D eigenvalue weighted by Crippen LogP contribution is 2.31. The molecule has 3 rings (SSSR count). The first-order valence-corrected chi connectivity index (χ1v) is 8.03. The second-order valence-corrected chi connectivity index (χ2v) is 6.15. The number of aromatic nitrogens is 2. The molecule has 0 N–H and O–H groups in total. The Kier molecular flexibility index (Phi) is 4.21. The molecule has 0 aliphatic rings. The first-order valence-electron chi connectivity index (χ1n) is 6.17. The number of rotatable bonds is 4. The number of hydrogen-bond donors (Lipinski definition) is 0. The monoisotopic (exact) mass is 342 g/mol. The van der Waals surface area contributed by atoms with Crippen LogP contribution in [-0.2, 0) is 11.9 Å². The number of nitrogens with zero attached hydrogens (tertiary/aromatic N) is 2. The highest BCUT2D eigenvalue weighted by Gasteiger charge is 2.30. The maximum Gasteiger partial charge on any atom is 0.417 e. The molecule has 0 saturated carbocycles. The number of furan rings is 1. The molecule has 3 heterocycles. The summed E-state index contributed by atoms with van der Waals surface area (Å²) >= 11 is 2.80. The van der Waals surface area contributed by atoms with Crippen LogP contribution < -0.4 is 0 Å². The minimum absolute atomic E-state index is 0.528. The number of pyridine rings is 1. The average Bonchev–Trinajstić information content (AvgIpc) is 3.15. The summed E-state index contributed by atoms with van der Waals surface area (Å²) < 4.78 is 42.6. The van der Waals surface area contributed by atoms with E-state index in [1.54, 1.807) is 12.3 Å². The van der Waals surface area contributed by atoms with Crippen LogP contribution in [0.1, 0.15) is 11.3 Å². The first-order chi connectivity index (χ1) is 10.5. The van der Waals surface area contributed by atoms with Crippen molar-refractivity contribution in [3.05, 3.63) is 53.4 Å². The number of hydrogen-bond acceptors (Lipinski definition) is 5. The molecule has 0 atom stereocenters. The van der Waals surface area contributed by atoms with Crippen molar-refractivity contribution in [1.29, 1.82) is 0 Å². The fourth-order valence-electron chi connectivity index (χ4n) is 1.67. The molecule has 0 spiro atoms. The summed E-state index contributed by atoms with van der Waals surface area (Å²) in [5, 5.41) is 3.20. The van der Waals surface area contributed by atoms with E-state index in [4.69, 9.17) is 4.42 Å². The van der Waals surface area contributed by atoms with Gasteiger partial charge in [-0.3, -0.25) is 0 Å². The standard InChI is InChI=1S/C14H9F3N2OS2/c15-14(16,17)9-3-4-12(18-6-9)21-7-10-8-22-13(19-10)11-2-1-5-20-11/h1-6,8H,7H2. The fourth-order valence-corrected chi connectivity index (χ4v) is 3.29. The minimum atomic E-state index is -4.36. The molecule has 0 saturated heterocycles. The lowest BCUT2D eigenvalue weighted by molar-refractivity contribution is -0.137. The Balaban J connectivity index is 1.63. The summed E-state index contributed by atoms with van der Waals surface area (Å²) in [6.07, 6.45) is -1.93. The Morgan fingerprint density at radius 3 is 2.73 bits per heavy atom. The van der Waals surface area contributed by atoms with Gasteiger partial charge in [-0.25, -0.2) is 9.97 Å². The van der Waals surface area contributed by atoms with Crippen LogP contribution in [0.5, 0.6) is 0 Å². The number of thiazole rings is 1. The average molecular weight is 342 g/mol. The van der Waals surface area contributed by atoms with Gasteiger partial charge in [0, 0.05) is 17.3 Å². The fraction of sp³-hybridized carbons (Fsp3) is 0.143. The van der Waals surface area contributed by atoms with Gasteiger partial charge in [-0.2, -0.15) is 13.2 Å². The molecule has 8 heteroatoms. The predicted molar refractivity (Wildman–Crippen MR) is 78.6 cm³/mol. The van der Waals surface area contributed by atoms with Gasteiger partial charge >= 0.3 is 6.18 Å². The molecular formula is C14H9F3N2OS2. The Bertz CT molecular complexity index is 736. The van der Waals surface area contributed by atoms with Gasteiger partial charge in [-0.05, 0) is 24.3 Å². The zero-order valence-corrected chi connectivity index (χ0v) is 12.6. The van der Waals surface area contributed by atoms with Crippen LogP contribution in [0.4, 0.5) is 13.2 Å². The summed E-state index contributed by atoms with van der Waals surface area (Å²) in [6.45, 7) is 0. The summed E-state index contributed by atoms with van der Waals surface area (Å²) in [6, 6.07) is 6.02. The van der Waals surface area contributed by atoms with E-state index in [0.29, 0.717) is 16.5 Å². The molecule has 22 heavy (non-hydrogen) atoms. The van der Waals surface area contributed by atoms with Crippen molar-refractivity contribution in [2.24, 2.45) is 0 Å². The van der Waals surface area contributed by atoms with Gasteiger partial charge in [0.25, 0.3) is 0 Å². The quantitative estimate of drug-likeness (QED) is 0.618. The van der Waals surface area contributed by atoms with Crippen LogP contribution in [0.15, 0.2) is 51.5 Å². The summed E-state index contributed by atoms with van der Waals surface area (Å²) in [5.74, 6) is 1.24. The van der Waals surface area contributed by atoms with Crippen LogP contribution in [0.25, 0.3) is 10.8 Å². The third kappa shape index (κ3) is 3.50. The lowest BCUT2D eigenvalue weighted by atomic mass is 10.3. The zero-order chi connectivity index (χ0) is 15.6. The number of thioether (sulfide) groups is 1. The van der Waals surface area contributed by atoms with E-state index >= 15 is 0 Å². The number of halogens is 3. The van der Waals surface area contributed by atoms with E-state index in [2.05, 4.69) is 9.97 Å². The Labute approximate surface area is 132 Å². The molecular weight excluding hydrogens is 333 g/mol. The van der Waals surface area contributed by atoms with Gasteiger partial charge in [0.1, 0.15) is 0 Å².